The Balaban J connectivity index is 1.08. The van der Waals surface area contributed by atoms with Crippen molar-refractivity contribution >= 4 is 80.9 Å². The Morgan fingerprint density at radius 2 is 0.966 bits per heavy atom. The van der Waals surface area contributed by atoms with Gasteiger partial charge in [0.1, 0.15) is 0 Å². The average molecular weight is 770 g/mol. The predicted octanol–water partition coefficient (Wildman–Crippen LogP) is 16.6. The maximum absolute atomic E-state index is 2.49. The van der Waals surface area contributed by atoms with Crippen molar-refractivity contribution in [3.05, 3.63) is 211 Å². The number of hydrogen-bond acceptors (Lipinski definition) is 2. The van der Waals surface area contributed by atoms with Crippen molar-refractivity contribution in [2.24, 2.45) is 0 Å². The summed E-state index contributed by atoms with van der Waals surface area (Å²) < 4.78 is 2.65. The van der Waals surface area contributed by atoms with E-state index in [0.29, 0.717) is 0 Å². The summed E-state index contributed by atoms with van der Waals surface area (Å²) in [6.07, 6.45) is 0. The van der Waals surface area contributed by atoms with Gasteiger partial charge in [0.2, 0.25) is 0 Å². The van der Waals surface area contributed by atoms with Crippen LogP contribution in [0.3, 0.4) is 0 Å². The number of anilines is 3. The van der Waals surface area contributed by atoms with Gasteiger partial charge in [-0.3, -0.25) is 0 Å². The minimum atomic E-state index is -0.117. The Kier molecular flexibility index (Phi) is 7.51. The van der Waals surface area contributed by atoms with Gasteiger partial charge in [-0.05, 0) is 138 Å². The lowest BCUT2D eigenvalue weighted by Crippen LogP contribution is -2.15. The molecule has 278 valence electrons. The zero-order valence-corrected chi connectivity index (χ0v) is 33.7. The van der Waals surface area contributed by atoms with Gasteiger partial charge in [-0.15, -0.1) is 11.3 Å². The standard InChI is InChI=1S/C57H39NS/c1-57(2)51-28-27-45(35-49(51)48-32-40-14-5-6-15-41(40)34-52(48)57)58(44-25-21-37(22-26-44)42-24-30-55-50(33-42)47-17-9-10-18-54(47)59-55)53-29-23-38-12-7-8-16-46(38)56(53)43-20-19-36-11-3-4-13-39(36)31-43/h3-35H,1-2H3. The fraction of sp³-hybridized carbons (Fsp3) is 0.0526. The molecular weight excluding hydrogens is 731 g/mol. The van der Waals surface area contributed by atoms with Gasteiger partial charge in [0.25, 0.3) is 0 Å². The highest BCUT2D eigenvalue weighted by Crippen LogP contribution is 2.53. The first kappa shape index (κ1) is 34.1. The molecule has 0 radical (unpaired) electrons. The van der Waals surface area contributed by atoms with Gasteiger partial charge in [-0.1, -0.05) is 147 Å². The minimum Gasteiger partial charge on any atom is -0.310 e. The van der Waals surface area contributed by atoms with E-state index in [-0.39, 0.29) is 5.41 Å². The van der Waals surface area contributed by atoms with E-state index in [4.69, 9.17) is 0 Å². The molecule has 59 heavy (non-hydrogen) atoms. The Bertz CT molecular complexity index is 3480. The largest absolute Gasteiger partial charge is 0.310 e. The minimum absolute atomic E-state index is 0.117. The number of nitrogens with zero attached hydrogens (tertiary/aromatic N) is 1. The maximum Gasteiger partial charge on any atom is 0.0546 e. The normalized spacial score (nSPS) is 13.1. The predicted molar refractivity (Wildman–Crippen MR) is 255 cm³/mol. The van der Waals surface area contributed by atoms with E-state index < -0.39 is 0 Å². The molecule has 1 aliphatic rings. The summed E-state index contributed by atoms with van der Waals surface area (Å²) in [6.45, 7) is 4.75. The van der Waals surface area contributed by atoms with Gasteiger partial charge in [0.15, 0.2) is 0 Å². The first-order valence-corrected chi connectivity index (χ1v) is 21.3. The molecule has 1 nitrogen and oxygen atoms in total. The first-order chi connectivity index (χ1) is 29.0. The number of hydrogen-bond donors (Lipinski definition) is 0. The lowest BCUT2D eigenvalue weighted by Gasteiger charge is -2.30. The molecule has 10 aromatic carbocycles. The molecule has 11 aromatic rings. The van der Waals surface area contributed by atoms with Crippen LogP contribution < -0.4 is 4.90 Å². The molecule has 1 aliphatic carbocycles. The second kappa shape index (κ2) is 13.0. The monoisotopic (exact) mass is 769 g/mol. The number of thiophene rings is 1. The van der Waals surface area contributed by atoms with Crippen LogP contribution in [0.5, 0.6) is 0 Å². The summed E-state index contributed by atoms with van der Waals surface area (Å²) in [6, 6.07) is 74.7. The molecular formula is C57H39NS. The molecule has 0 bridgehead atoms. The second-order valence-electron chi connectivity index (χ2n) is 16.5. The molecule has 0 N–H and O–H groups in total. The van der Waals surface area contributed by atoms with Crippen molar-refractivity contribution in [1.29, 1.82) is 0 Å². The van der Waals surface area contributed by atoms with Crippen LogP contribution >= 0.6 is 11.3 Å². The quantitative estimate of drug-likeness (QED) is 0.169. The summed E-state index contributed by atoms with van der Waals surface area (Å²) in [4.78, 5) is 2.49. The van der Waals surface area contributed by atoms with Crippen molar-refractivity contribution in [1.82, 2.24) is 0 Å². The first-order valence-electron chi connectivity index (χ1n) is 20.5. The van der Waals surface area contributed by atoms with E-state index in [2.05, 4.69) is 219 Å². The molecule has 0 aliphatic heterocycles. The Hall–Kier alpha value is -7.00. The highest BCUT2D eigenvalue weighted by atomic mass is 32.1. The van der Waals surface area contributed by atoms with E-state index in [1.807, 2.05) is 11.3 Å². The zero-order valence-electron chi connectivity index (χ0n) is 32.9. The molecule has 0 fully saturated rings. The van der Waals surface area contributed by atoms with Gasteiger partial charge >= 0.3 is 0 Å². The van der Waals surface area contributed by atoms with Gasteiger partial charge in [-0.2, -0.15) is 0 Å². The third kappa shape index (κ3) is 5.37. The number of rotatable bonds is 5. The van der Waals surface area contributed by atoms with E-state index in [9.17, 15) is 0 Å². The third-order valence-electron chi connectivity index (χ3n) is 12.8. The fourth-order valence-electron chi connectivity index (χ4n) is 9.79. The molecule has 0 unspecified atom stereocenters. The SMILES string of the molecule is CC1(C)c2ccc(N(c3ccc(-c4ccc5sc6ccccc6c5c4)cc3)c3ccc4ccccc4c3-c3ccc4ccccc4c3)cc2-c2cc3ccccc3cc21. The van der Waals surface area contributed by atoms with Gasteiger partial charge in [-0.25, -0.2) is 0 Å². The lowest BCUT2D eigenvalue weighted by atomic mass is 9.82. The molecule has 0 atom stereocenters. The van der Waals surface area contributed by atoms with Gasteiger partial charge in [0.05, 0.1) is 5.69 Å². The van der Waals surface area contributed by atoms with Crippen molar-refractivity contribution < 1.29 is 0 Å². The highest BCUT2D eigenvalue weighted by molar-refractivity contribution is 7.25. The van der Waals surface area contributed by atoms with Crippen molar-refractivity contribution in [2.75, 3.05) is 4.90 Å². The smallest absolute Gasteiger partial charge is 0.0546 e. The molecule has 2 heteroatoms. The lowest BCUT2D eigenvalue weighted by molar-refractivity contribution is 0.661. The van der Waals surface area contributed by atoms with Crippen LogP contribution in [-0.4, -0.2) is 0 Å². The second-order valence-corrected chi connectivity index (χ2v) is 17.6. The van der Waals surface area contributed by atoms with Crippen LogP contribution in [0, 0.1) is 0 Å². The summed E-state index contributed by atoms with van der Waals surface area (Å²) >= 11 is 1.87. The third-order valence-corrected chi connectivity index (χ3v) is 14.0. The van der Waals surface area contributed by atoms with Crippen LogP contribution in [0.2, 0.25) is 0 Å². The van der Waals surface area contributed by atoms with Crippen LogP contribution in [0.25, 0.3) is 85.9 Å². The summed E-state index contributed by atoms with van der Waals surface area (Å²) in [5, 5.41) is 10.1. The van der Waals surface area contributed by atoms with Crippen molar-refractivity contribution in [3.8, 4) is 33.4 Å². The molecule has 0 saturated heterocycles. The fourth-order valence-corrected chi connectivity index (χ4v) is 10.9. The Morgan fingerprint density at radius 1 is 0.373 bits per heavy atom. The summed E-state index contributed by atoms with van der Waals surface area (Å²) in [5.41, 5.74) is 13.5. The number of benzene rings is 10. The van der Waals surface area contributed by atoms with Gasteiger partial charge in [0, 0.05) is 42.5 Å². The average Bonchev–Trinajstić information content (AvgIpc) is 3.76. The van der Waals surface area contributed by atoms with E-state index in [0.717, 1.165) is 17.1 Å². The summed E-state index contributed by atoms with van der Waals surface area (Å²) in [7, 11) is 0. The van der Waals surface area contributed by atoms with Crippen LogP contribution in [0.15, 0.2) is 200 Å². The molecule has 0 amide bonds. The molecule has 12 rings (SSSR count). The molecule has 0 saturated carbocycles. The topological polar surface area (TPSA) is 3.24 Å². The Morgan fingerprint density at radius 3 is 1.78 bits per heavy atom. The Labute approximate surface area is 348 Å². The summed E-state index contributed by atoms with van der Waals surface area (Å²) in [5.74, 6) is 0. The van der Waals surface area contributed by atoms with Crippen molar-refractivity contribution in [3.63, 3.8) is 0 Å². The molecule has 1 aromatic heterocycles. The van der Waals surface area contributed by atoms with Crippen LogP contribution in [0.1, 0.15) is 25.0 Å². The maximum atomic E-state index is 2.49. The van der Waals surface area contributed by atoms with E-state index in [1.165, 1.54) is 97.0 Å². The van der Waals surface area contributed by atoms with E-state index >= 15 is 0 Å². The van der Waals surface area contributed by atoms with Gasteiger partial charge < -0.3 is 4.90 Å². The number of fused-ring (bicyclic) bond motifs is 9. The van der Waals surface area contributed by atoms with Crippen LogP contribution in [0.4, 0.5) is 17.1 Å². The van der Waals surface area contributed by atoms with Crippen molar-refractivity contribution in [2.45, 2.75) is 19.3 Å². The van der Waals surface area contributed by atoms with E-state index in [1.54, 1.807) is 0 Å². The zero-order chi connectivity index (χ0) is 39.2. The van der Waals surface area contributed by atoms with Crippen LogP contribution in [-0.2, 0) is 5.41 Å². The highest BCUT2D eigenvalue weighted by Gasteiger charge is 2.36. The molecule has 1 heterocycles. The molecule has 0 spiro atoms.